The van der Waals surface area contributed by atoms with Crippen molar-refractivity contribution in [3.05, 3.63) is 63.0 Å². The molecule has 0 unspecified atom stereocenters. The van der Waals surface area contributed by atoms with Gasteiger partial charge in [-0.25, -0.2) is 22.9 Å². The second-order valence-electron chi connectivity index (χ2n) is 6.38. The molecule has 1 fully saturated rings. The third kappa shape index (κ3) is 2.89. The van der Waals surface area contributed by atoms with Gasteiger partial charge in [0.1, 0.15) is 6.04 Å². The normalized spacial score (nSPS) is 21.6. The number of nitrogens with zero attached hydrogens (tertiary/aromatic N) is 3. The number of carbonyl (C=O) groups excluding carboxylic acids is 1. The molecule has 6 nitrogen and oxygen atoms in total. The number of carbonyl (C=O) groups is 1. The van der Waals surface area contributed by atoms with Crippen LogP contribution in [0.1, 0.15) is 23.0 Å². The zero-order chi connectivity index (χ0) is 20.0. The molecule has 1 aromatic heterocycles. The predicted molar refractivity (Wildman–Crippen MR) is 96.0 cm³/mol. The summed E-state index contributed by atoms with van der Waals surface area (Å²) in [4.78, 5) is 23.0. The maximum atomic E-state index is 14.6. The van der Waals surface area contributed by atoms with E-state index >= 15 is 0 Å². The number of amidine groups is 1. The lowest BCUT2D eigenvalue weighted by Crippen LogP contribution is -2.36. The standard InChI is InChI=1S/C18H15F3N4O2S/c1-27-18(26)12-11-6-8(22)7-25(11)16(17-23-4-5-28-17)24-15(12)9-2-3-10(19)14(21)13(9)20/h2-5,8,15H,6-7,22H2,1H3/t8-,15-/m0/s1. The van der Waals surface area contributed by atoms with Crippen LogP contribution in [0, 0.1) is 17.5 Å². The smallest absolute Gasteiger partial charge is 0.338 e. The van der Waals surface area contributed by atoms with E-state index < -0.39 is 29.5 Å². The molecule has 1 saturated heterocycles. The van der Waals surface area contributed by atoms with Gasteiger partial charge in [0.05, 0.1) is 12.7 Å². The first-order valence-electron chi connectivity index (χ1n) is 8.38. The number of thiazole rings is 1. The number of benzene rings is 1. The quantitative estimate of drug-likeness (QED) is 0.624. The highest BCUT2D eigenvalue weighted by Gasteiger charge is 2.42. The fourth-order valence-corrected chi connectivity index (χ4v) is 4.11. The molecule has 146 valence electrons. The molecule has 3 heterocycles. The molecule has 0 aliphatic carbocycles. The summed E-state index contributed by atoms with van der Waals surface area (Å²) in [5.41, 5.74) is 6.40. The molecule has 4 rings (SSSR count). The van der Waals surface area contributed by atoms with Gasteiger partial charge in [-0.15, -0.1) is 11.3 Å². The largest absolute Gasteiger partial charge is 0.466 e. The van der Waals surface area contributed by atoms with E-state index in [1.165, 1.54) is 18.4 Å². The average Bonchev–Trinajstić information content (AvgIpc) is 3.34. The minimum Gasteiger partial charge on any atom is -0.466 e. The number of aromatic nitrogens is 1. The van der Waals surface area contributed by atoms with Gasteiger partial charge >= 0.3 is 5.97 Å². The van der Waals surface area contributed by atoms with Crippen molar-refractivity contribution in [2.75, 3.05) is 13.7 Å². The Balaban J connectivity index is 1.95. The Morgan fingerprint density at radius 2 is 2.11 bits per heavy atom. The third-order valence-electron chi connectivity index (χ3n) is 4.68. The van der Waals surface area contributed by atoms with Gasteiger partial charge in [-0.05, 0) is 6.07 Å². The summed E-state index contributed by atoms with van der Waals surface area (Å²) in [6.45, 7) is 0.390. The van der Waals surface area contributed by atoms with E-state index in [2.05, 4.69) is 9.98 Å². The number of rotatable bonds is 3. The zero-order valence-electron chi connectivity index (χ0n) is 14.7. The van der Waals surface area contributed by atoms with Gasteiger partial charge in [0.15, 0.2) is 28.3 Å². The Kier molecular flexibility index (Phi) is 4.68. The lowest BCUT2D eigenvalue weighted by Gasteiger charge is -2.31. The van der Waals surface area contributed by atoms with E-state index in [4.69, 9.17) is 10.5 Å². The van der Waals surface area contributed by atoms with Crippen molar-refractivity contribution >= 4 is 23.1 Å². The van der Waals surface area contributed by atoms with Crippen molar-refractivity contribution < 1.29 is 22.7 Å². The molecule has 2 aromatic rings. The molecule has 0 amide bonds. The molecule has 2 N–H and O–H groups in total. The number of aliphatic imine (C=N–C) groups is 1. The topological polar surface area (TPSA) is 80.8 Å². The van der Waals surface area contributed by atoms with Crippen molar-refractivity contribution in [3.63, 3.8) is 0 Å². The molecule has 0 spiro atoms. The van der Waals surface area contributed by atoms with E-state index in [0.717, 1.165) is 12.1 Å². The number of hydrogen-bond acceptors (Lipinski definition) is 7. The first-order valence-corrected chi connectivity index (χ1v) is 9.25. The monoisotopic (exact) mass is 408 g/mol. The summed E-state index contributed by atoms with van der Waals surface area (Å²) in [6.07, 6.45) is 1.92. The summed E-state index contributed by atoms with van der Waals surface area (Å²) in [7, 11) is 1.19. The van der Waals surface area contributed by atoms with E-state index in [1.54, 1.807) is 16.5 Å². The van der Waals surface area contributed by atoms with Crippen LogP contribution in [0.3, 0.4) is 0 Å². The second kappa shape index (κ2) is 7.02. The fourth-order valence-electron chi connectivity index (χ4n) is 3.47. The number of esters is 1. The molecule has 1 aromatic carbocycles. The summed E-state index contributed by atoms with van der Waals surface area (Å²) < 4.78 is 46.7. The number of methoxy groups -OCH3 is 1. The molecule has 0 saturated carbocycles. The molecule has 0 radical (unpaired) electrons. The second-order valence-corrected chi connectivity index (χ2v) is 7.28. The fraction of sp³-hybridized carbons (Fsp3) is 0.278. The Labute approximate surface area is 162 Å². The van der Waals surface area contributed by atoms with E-state index in [-0.39, 0.29) is 17.2 Å². The lowest BCUT2D eigenvalue weighted by molar-refractivity contribution is -0.136. The SMILES string of the molecule is COC(=O)C1=C2C[C@H](N)CN2C(c2nccs2)=N[C@H]1c1ccc(F)c(F)c1F. The van der Waals surface area contributed by atoms with E-state index in [1.807, 2.05) is 0 Å². The minimum absolute atomic E-state index is 0.0562. The number of nitrogens with two attached hydrogens (primary N) is 1. The van der Waals surface area contributed by atoms with Gasteiger partial charge in [-0.2, -0.15) is 0 Å². The zero-order valence-corrected chi connectivity index (χ0v) is 15.5. The van der Waals surface area contributed by atoms with Crippen LogP contribution in [0.5, 0.6) is 0 Å². The van der Waals surface area contributed by atoms with Crippen LogP contribution >= 0.6 is 11.3 Å². The van der Waals surface area contributed by atoms with Crippen molar-refractivity contribution in [3.8, 4) is 0 Å². The number of ether oxygens (including phenoxy) is 1. The highest BCUT2D eigenvalue weighted by atomic mass is 32.1. The van der Waals surface area contributed by atoms with Gasteiger partial charge in [-0.1, -0.05) is 6.07 Å². The summed E-state index contributed by atoms with van der Waals surface area (Å²) >= 11 is 1.31. The molecular weight excluding hydrogens is 393 g/mol. The van der Waals surface area contributed by atoms with Gasteiger partial charge < -0.3 is 15.4 Å². The average molecular weight is 408 g/mol. The molecule has 28 heavy (non-hydrogen) atoms. The molecule has 2 aliphatic rings. The Bertz CT molecular complexity index is 1010. The van der Waals surface area contributed by atoms with Crippen LogP contribution in [-0.2, 0) is 9.53 Å². The van der Waals surface area contributed by atoms with Crippen molar-refractivity contribution in [2.24, 2.45) is 10.7 Å². The number of halogens is 3. The van der Waals surface area contributed by atoms with E-state index in [9.17, 15) is 18.0 Å². The van der Waals surface area contributed by atoms with Gasteiger partial charge in [-0.3, -0.25) is 4.99 Å². The van der Waals surface area contributed by atoms with Crippen molar-refractivity contribution in [1.29, 1.82) is 0 Å². The molecule has 2 atom stereocenters. The maximum Gasteiger partial charge on any atom is 0.338 e. The van der Waals surface area contributed by atoms with Crippen molar-refractivity contribution in [1.82, 2.24) is 9.88 Å². The van der Waals surface area contributed by atoms with Crippen LogP contribution in [0.25, 0.3) is 0 Å². The number of fused-ring (bicyclic) bond motifs is 1. The van der Waals surface area contributed by atoms with Crippen LogP contribution in [-0.4, -0.2) is 41.4 Å². The Morgan fingerprint density at radius 3 is 2.79 bits per heavy atom. The molecule has 2 aliphatic heterocycles. The van der Waals surface area contributed by atoms with Gasteiger partial charge in [0.2, 0.25) is 0 Å². The summed E-state index contributed by atoms with van der Waals surface area (Å²) in [5.74, 6) is -4.67. The predicted octanol–water partition coefficient (Wildman–Crippen LogP) is 2.52. The number of hydrogen-bond donors (Lipinski definition) is 1. The molecule has 0 bridgehead atoms. The molecule has 10 heteroatoms. The summed E-state index contributed by atoms with van der Waals surface area (Å²) in [5, 5.41) is 2.30. The van der Waals surface area contributed by atoms with Crippen LogP contribution in [0.15, 0.2) is 40.0 Å². The van der Waals surface area contributed by atoms with E-state index in [0.29, 0.717) is 29.5 Å². The van der Waals surface area contributed by atoms with Crippen LogP contribution in [0.2, 0.25) is 0 Å². The van der Waals surface area contributed by atoms with Gasteiger partial charge in [0.25, 0.3) is 0 Å². The van der Waals surface area contributed by atoms with Gasteiger partial charge in [0, 0.05) is 41.8 Å². The third-order valence-corrected chi connectivity index (χ3v) is 5.45. The highest BCUT2D eigenvalue weighted by Crippen LogP contribution is 2.41. The minimum atomic E-state index is -1.62. The van der Waals surface area contributed by atoms with Crippen molar-refractivity contribution in [2.45, 2.75) is 18.5 Å². The lowest BCUT2D eigenvalue weighted by atomic mass is 9.94. The Morgan fingerprint density at radius 1 is 1.32 bits per heavy atom. The Hall–Kier alpha value is -2.72. The van der Waals surface area contributed by atoms with Crippen LogP contribution < -0.4 is 5.73 Å². The summed E-state index contributed by atoms with van der Waals surface area (Å²) in [6, 6.07) is 0.389. The maximum absolute atomic E-state index is 14.6. The first kappa shape index (κ1) is 18.6. The molecular formula is C18H15F3N4O2S. The highest BCUT2D eigenvalue weighted by molar-refractivity contribution is 7.11. The first-order chi connectivity index (χ1) is 13.4. The van der Waals surface area contributed by atoms with Crippen LogP contribution in [0.4, 0.5) is 13.2 Å².